The van der Waals surface area contributed by atoms with E-state index in [2.05, 4.69) is 5.32 Å². The highest BCUT2D eigenvalue weighted by Gasteiger charge is 2.13. The Labute approximate surface area is 131 Å². The number of para-hydroxylation sites is 3. The van der Waals surface area contributed by atoms with Crippen molar-refractivity contribution in [1.82, 2.24) is 9.13 Å². The van der Waals surface area contributed by atoms with Gasteiger partial charge in [-0.1, -0.05) is 35.9 Å². The highest BCUT2D eigenvalue weighted by molar-refractivity contribution is 6.33. The van der Waals surface area contributed by atoms with Gasteiger partial charge >= 0.3 is 5.69 Å². The van der Waals surface area contributed by atoms with Gasteiger partial charge in [0.25, 0.3) is 0 Å². The minimum atomic E-state index is -0.299. The molecule has 0 aliphatic rings. The van der Waals surface area contributed by atoms with Crippen LogP contribution in [0.25, 0.3) is 11.0 Å². The van der Waals surface area contributed by atoms with Crippen molar-refractivity contribution in [2.24, 2.45) is 7.05 Å². The highest BCUT2D eigenvalue weighted by Crippen LogP contribution is 2.20. The van der Waals surface area contributed by atoms with Gasteiger partial charge < -0.3 is 5.32 Å². The van der Waals surface area contributed by atoms with Crippen LogP contribution in [0.15, 0.2) is 53.3 Å². The number of carbonyl (C=O) groups excluding carboxylic acids is 1. The Hall–Kier alpha value is -2.53. The van der Waals surface area contributed by atoms with E-state index in [4.69, 9.17) is 11.6 Å². The average Bonchev–Trinajstić information content (AvgIpc) is 2.75. The van der Waals surface area contributed by atoms with Crippen LogP contribution in [0.2, 0.25) is 5.02 Å². The third kappa shape index (κ3) is 2.51. The van der Waals surface area contributed by atoms with Crippen LogP contribution >= 0.6 is 11.6 Å². The summed E-state index contributed by atoms with van der Waals surface area (Å²) in [6.07, 6.45) is 0. The molecule has 112 valence electrons. The van der Waals surface area contributed by atoms with Gasteiger partial charge in [0.2, 0.25) is 5.91 Å². The van der Waals surface area contributed by atoms with Crippen LogP contribution < -0.4 is 11.0 Å². The van der Waals surface area contributed by atoms with Gasteiger partial charge in [-0.15, -0.1) is 0 Å². The molecule has 0 saturated carbocycles. The lowest BCUT2D eigenvalue weighted by molar-refractivity contribution is -0.116. The summed E-state index contributed by atoms with van der Waals surface area (Å²) in [7, 11) is 1.69. The van der Waals surface area contributed by atoms with Gasteiger partial charge in [-0.2, -0.15) is 0 Å². The first kappa shape index (κ1) is 14.4. The van der Waals surface area contributed by atoms with Crippen molar-refractivity contribution in [2.45, 2.75) is 6.54 Å². The van der Waals surface area contributed by atoms with Gasteiger partial charge in [0.1, 0.15) is 6.54 Å². The van der Waals surface area contributed by atoms with Gasteiger partial charge in [-0.05, 0) is 24.3 Å². The summed E-state index contributed by atoms with van der Waals surface area (Å²) >= 11 is 6.01. The van der Waals surface area contributed by atoms with E-state index >= 15 is 0 Å². The van der Waals surface area contributed by atoms with E-state index in [9.17, 15) is 9.59 Å². The molecule has 5 nitrogen and oxygen atoms in total. The number of nitrogens with one attached hydrogen (secondary N) is 1. The van der Waals surface area contributed by atoms with Crippen molar-refractivity contribution < 1.29 is 4.79 Å². The van der Waals surface area contributed by atoms with Crippen molar-refractivity contribution in [3.8, 4) is 0 Å². The van der Waals surface area contributed by atoms with E-state index in [-0.39, 0.29) is 18.1 Å². The number of fused-ring (bicyclic) bond motifs is 1. The molecule has 22 heavy (non-hydrogen) atoms. The molecule has 0 aliphatic carbocycles. The molecule has 1 amide bonds. The number of amides is 1. The Bertz CT molecular complexity index is 911. The lowest BCUT2D eigenvalue weighted by Gasteiger charge is -2.07. The first-order valence-corrected chi connectivity index (χ1v) is 7.14. The number of carbonyl (C=O) groups is 1. The van der Waals surface area contributed by atoms with Gasteiger partial charge in [0, 0.05) is 7.05 Å². The molecule has 0 radical (unpaired) electrons. The molecule has 0 spiro atoms. The largest absolute Gasteiger partial charge is 0.329 e. The van der Waals surface area contributed by atoms with Crippen LogP contribution in [0.5, 0.6) is 0 Å². The number of imidazole rings is 1. The summed E-state index contributed by atoms with van der Waals surface area (Å²) in [5.74, 6) is -0.299. The molecule has 0 atom stereocenters. The molecule has 2 aromatic carbocycles. The smallest absolute Gasteiger partial charge is 0.323 e. The molecular weight excluding hydrogens is 302 g/mol. The van der Waals surface area contributed by atoms with E-state index in [1.165, 1.54) is 9.13 Å². The van der Waals surface area contributed by atoms with Crippen LogP contribution in [0, 0.1) is 0 Å². The lowest BCUT2D eigenvalue weighted by atomic mass is 10.3. The summed E-state index contributed by atoms with van der Waals surface area (Å²) in [5.41, 5.74) is 1.82. The molecule has 0 fully saturated rings. The van der Waals surface area contributed by atoms with Crippen molar-refractivity contribution in [1.29, 1.82) is 0 Å². The number of hydrogen-bond donors (Lipinski definition) is 1. The van der Waals surface area contributed by atoms with Crippen LogP contribution in [0.4, 0.5) is 5.69 Å². The van der Waals surface area contributed by atoms with E-state index < -0.39 is 0 Å². The Morgan fingerprint density at radius 2 is 1.73 bits per heavy atom. The van der Waals surface area contributed by atoms with Crippen molar-refractivity contribution in [2.75, 3.05) is 5.32 Å². The maximum atomic E-state index is 12.3. The molecule has 0 bridgehead atoms. The fourth-order valence-electron chi connectivity index (χ4n) is 2.41. The third-order valence-corrected chi connectivity index (χ3v) is 3.83. The van der Waals surface area contributed by atoms with Crippen molar-refractivity contribution in [3.63, 3.8) is 0 Å². The van der Waals surface area contributed by atoms with Gasteiger partial charge in [-0.3, -0.25) is 13.9 Å². The molecule has 0 unspecified atom stereocenters. The van der Waals surface area contributed by atoms with E-state index in [0.29, 0.717) is 10.7 Å². The number of benzene rings is 2. The van der Waals surface area contributed by atoms with Crippen LogP contribution in [0.3, 0.4) is 0 Å². The maximum Gasteiger partial charge on any atom is 0.329 e. The van der Waals surface area contributed by atoms with Crippen molar-refractivity contribution >= 4 is 34.2 Å². The standard InChI is InChI=1S/C16H14ClN3O2/c1-19-13-8-4-5-9-14(13)20(16(19)22)10-15(21)18-12-7-3-2-6-11(12)17/h2-9H,10H2,1H3,(H,18,21). The van der Waals surface area contributed by atoms with Crippen LogP contribution in [0.1, 0.15) is 0 Å². The summed E-state index contributed by atoms with van der Waals surface area (Å²) in [6, 6.07) is 14.3. The van der Waals surface area contributed by atoms with Gasteiger partial charge in [0.15, 0.2) is 0 Å². The fourth-order valence-corrected chi connectivity index (χ4v) is 2.59. The number of nitrogens with zero attached hydrogens (tertiary/aromatic N) is 2. The molecule has 1 heterocycles. The fraction of sp³-hybridized carbons (Fsp3) is 0.125. The topological polar surface area (TPSA) is 56.0 Å². The van der Waals surface area contributed by atoms with E-state index in [0.717, 1.165) is 11.0 Å². The molecule has 3 aromatic rings. The van der Waals surface area contributed by atoms with Gasteiger partial charge in [0.05, 0.1) is 21.7 Å². The van der Waals surface area contributed by atoms with Crippen LogP contribution in [-0.4, -0.2) is 15.0 Å². The maximum absolute atomic E-state index is 12.3. The molecule has 0 saturated heterocycles. The summed E-state index contributed by atoms with van der Waals surface area (Å²) < 4.78 is 2.97. The minimum Gasteiger partial charge on any atom is -0.323 e. The second-order valence-electron chi connectivity index (χ2n) is 4.94. The number of aryl methyl sites for hydroxylation is 1. The number of anilines is 1. The molecular formula is C16H14ClN3O2. The Morgan fingerprint density at radius 1 is 1.09 bits per heavy atom. The average molecular weight is 316 g/mol. The number of rotatable bonds is 3. The predicted octanol–water partition coefficient (Wildman–Crippen LogP) is 2.63. The third-order valence-electron chi connectivity index (χ3n) is 3.50. The highest BCUT2D eigenvalue weighted by atomic mass is 35.5. The SMILES string of the molecule is Cn1c(=O)n(CC(=O)Nc2ccccc2Cl)c2ccccc21. The zero-order valence-corrected chi connectivity index (χ0v) is 12.7. The monoisotopic (exact) mass is 315 g/mol. The summed E-state index contributed by atoms with van der Waals surface area (Å²) in [5, 5.41) is 3.18. The second-order valence-corrected chi connectivity index (χ2v) is 5.35. The Morgan fingerprint density at radius 3 is 2.45 bits per heavy atom. The number of hydrogen-bond acceptors (Lipinski definition) is 2. The quantitative estimate of drug-likeness (QED) is 0.808. The van der Waals surface area contributed by atoms with Gasteiger partial charge in [-0.25, -0.2) is 4.79 Å². The molecule has 1 aromatic heterocycles. The lowest BCUT2D eigenvalue weighted by Crippen LogP contribution is -2.28. The van der Waals surface area contributed by atoms with Crippen LogP contribution in [-0.2, 0) is 18.4 Å². The first-order valence-electron chi connectivity index (χ1n) is 6.76. The second kappa shape index (κ2) is 5.69. The summed E-state index contributed by atoms with van der Waals surface area (Å²) in [6.45, 7) is -0.0641. The molecule has 0 aliphatic heterocycles. The first-order chi connectivity index (χ1) is 10.6. The number of aromatic nitrogens is 2. The predicted molar refractivity (Wildman–Crippen MR) is 87.3 cm³/mol. The molecule has 1 N–H and O–H groups in total. The van der Waals surface area contributed by atoms with Crippen molar-refractivity contribution in [3.05, 3.63) is 64.0 Å². The Balaban J connectivity index is 1.91. The normalized spacial score (nSPS) is 10.8. The number of halogens is 1. The molecule has 3 rings (SSSR count). The van der Waals surface area contributed by atoms with E-state index in [1.807, 2.05) is 24.3 Å². The zero-order valence-electron chi connectivity index (χ0n) is 11.9. The Kier molecular flexibility index (Phi) is 3.73. The zero-order chi connectivity index (χ0) is 15.7. The van der Waals surface area contributed by atoms with E-state index in [1.54, 1.807) is 31.3 Å². The summed E-state index contributed by atoms with van der Waals surface area (Å²) in [4.78, 5) is 24.5. The molecule has 6 heteroatoms. The minimum absolute atomic E-state index is 0.0641.